The first-order chi connectivity index (χ1) is 10.0. The van der Waals surface area contributed by atoms with Crippen molar-refractivity contribution < 1.29 is 14.6 Å². The van der Waals surface area contributed by atoms with Crippen molar-refractivity contribution in [2.75, 3.05) is 7.11 Å². The summed E-state index contributed by atoms with van der Waals surface area (Å²) in [5.41, 5.74) is 3.86. The second kappa shape index (κ2) is 6.27. The summed E-state index contributed by atoms with van der Waals surface area (Å²) in [6.45, 7) is 3.88. The van der Waals surface area contributed by atoms with E-state index in [0.29, 0.717) is 5.56 Å². The Kier molecular flexibility index (Phi) is 4.43. The van der Waals surface area contributed by atoms with Gasteiger partial charge in [-0.3, -0.25) is 0 Å². The molecule has 21 heavy (non-hydrogen) atoms. The molecule has 0 fully saturated rings. The van der Waals surface area contributed by atoms with Gasteiger partial charge in [-0.05, 0) is 48.7 Å². The van der Waals surface area contributed by atoms with Gasteiger partial charge >= 0.3 is 5.97 Å². The van der Waals surface area contributed by atoms with Crippen LogP contribution in [0.25, 0.3) is 11.6 Å². The van der Waals surface area contributed by atoms with Gasteiger partial charge in [-0.1, -0.05) is 35.9 Å². The molecule has 2 aromatic rings. The second-order valence-corrected chi connectivity index (χ2v) is 4.95. The van der Waals surface area contributed by atoms with Crippen molar-refractivity contribution in [1.29, 1.82) is 0 Å². The van der Waals surface area contributed by atoms with Gasteiger partial charge in [-0.2, -0.15) is 0 Å². The highest BCUT2D eigenvalue weighted by molar-refractivity contribution is 6.21. The zero-order valence-electron chi connectivity index (χ0n) is 12.4. The number of carboxylic acids is 1. The summed E-state index contributed by atoms with van der Waals surface area (Å²) in [7, 11) is 1.59. The Morgan fingerprint density at radius 2 is 1.76 bits per heavy atom. The SMILES string of the molecule is COc1ccc(/C(=C/c2ccc(C)cc2)C(=O)O)c(C)c1. The van der Waals surface area contributed by atoms with Crippen LogP contribution in [0.5, 0.6) is 5.75 Å². The molecule has 0 saturated carbocycles. The van der Waals surface area contributed by atoms with E-state index in [9.17, 15) is 9.90 Å². The molecule has 0 aliphatic carbocycles. The van der Waals surface area contributed by atoms with Crippen molar-refractivity contribution >= 4 is 17.6 Å². The fourth-order valence-corrected chi connectivity index (χ4v) is 2.15. The number of hydrogen-bond acceptors (Lipinski definition) is 2. The summed E-state index contributed by atoms with van der Waals surface area (Å²) in [6.07, 6.45) is 1.69. The third kappa shape index (κ3) is 3.51. The third-order valence-corrected chi connectivity index (χ3v) is 3.34. The molecule has 0 amide bonds. The summed E-state index contributed by atoms with van der Waals surface area (Å²) in [5, 5.41) is 9.49. The molecule has 0 aliphatic rings. The van der Waals surface area contributed by atoms with Gasteiger partial charge in [0.15, 0.2) is 0 Å². The van der Waals surface area contributed by atoms with E-state index in [2.05, 4.69) is 0 Å². The summed E-state index contributed by atoms with van der Waals surface area (Å²) in [6, 6.07) is 13.1. The van der Waals surface area contributed by atoms with Gasteiger partial charge < -0.3 is 9.84 Å². The van der Waals surface area contributed by atoms with E-state index >= 15 is 0 Å². The van der Waals surface area contributed by atoms with E-state index in [1.807, 2.05) is 44.2 Å². The summed E-state index contributed by atoms with van der Waals surface area (Å²) >= 11 is 0. The lowest BCUT2D eigenvalue weighted by Crippen LogP contribution is -2.02. The van der Waals surface area contributed by atoms with Gasteiger partial charge in [0, 0.05) is 0 Å². The van der Waals surface area contributed by atoms with Gasteiger partial charge in [0.05, 0.1) is 12.7 Å². The Labute approximate surface area is 124 Å². The van der Waals surface area contributed by atoms with Gasteiger partial charge in [-0.15, -0.1) is 0 Å². The van der Waals surface area contributed by atoms with Crippen molar-refractivity contribution in [2.45, 2.75) is 13.8 Å². The fourth-order valence-electron chi connectivity index (χ4n) is 2.15. The van der Waals surface area contributed by atoms with E-state index < -0.39 is 5.97 Å². The number of ether oxygens (including phenoxy) is 1. The number of aryl methyl sites for hydroxylation is 2. The van der Waals surface area contributed by atoms with Crippen molar-refractivity contribution in [3.05, 3.63) is 64.7 Å². The Balaban J connectivity index is 2.48. The normalized spacial score (nSPS) is 11.3. The van der Waals surface area contributed by atoms with Crippen molar-refractivity contribution in [1.82, 2.24) is 0 Å². The molecule has 0 aliphatic heterocycles. The van der Waals surface area contributed by atoms with Crippen LogP contribution in [0.1, 0.15) is 22.3 Å². The van der Waals surface area contributed by atoms with Crippen LogP contribution < -0.4 is 4.74 Å². The molecule has 0 unspecified atom stereocenters. The molecule has 0 spiro atoms. The van der Waals surface area contributed by atoms with Gasteiger partial charge in [0.1, 0.15) is 5.75 Å². The molecule has 0 heterocycles. The van der Waals surface area contributed by atoms with Gasteiger partial charge in [0.25, 0.3) is 0 Å². The number of hydrogen-bond donors (Lipinski definition) is 1. The molecule has 3 nitrogen and oxygen atoms in total. The molecule has 0 radical (unpaired) electrons. The van der Waals surface area contributed by atoms with Crippen LogP contribution in [0.2, 0.25) is 0 Å². The monoisotopic (exact) mass is 282 g/mol. The Hall–Kier alpha value is -2.55. The highest BCUT2D eigenvalue weighted by Gasteiger charge is 2.13. The average Bonchev–Trinajstić information content (AvgIpc) is 2.46. The lowest BCUT2D eigenvalue weighted by molar-refractivity contribution is -0.130. The Morgan fingerprint density at radius 3 is 2.29 bits per heavy atom. The predicted octanol–water partition coefficient (Wildman–Crippen LogP) is 3.94. The first-order valence-corrected chi connectivity index (χ1v) is 6.68. The Bertz CT molecular complexity index is 682. The standard InChI is InChI=1S/C18H18O3/c1-12-4-6-14(7-5-12)11-17(18(19)20)16-9-8-15(21-3)10-13(16)2/h4-11H,1-3H3,(H,19,20)/b17-11-. The second-order valence-electron chi connectivity index (χ2n) is 4.95. The first-order valence-electron chi connectivity index (χ1n) is 6.68. The van der Waals surface area contributed by atoms with Crippen LogP contribution in [0.4, 0.5) is 0 Å². The minimum absolute atomic E-state index is 0.277. The Morgan fingerprint density at radius 1 is 1.10 bits per heavy atom. The topological polar surface area (TPSA) is 46.5 Å². The summed E-state index contributed by atoms with van der Waals surface area (Å²) in [4.78, 5) is 11.6. The van der Waals surface area contributed by atoms with E-state index in [1.165, 1.54) is 0 Å². The lowest BCUT2D eigenvalue weighted by Gasteiger charge is -2.09. The van der Waals surface area contributed by atoms with Crippen LogP contribution in [-0.2, 0) is 4.79 Å². The molecular formula is C18H18O3. The molecule has 108 valence electrons. The number of carbonyl (C=O) groups is 1. The van der Waals surface area contributed by atoms with Crippen LogP contribution in [0, 0.1) is 13.8 Å². The maximum atomic E-state index is 11.6. The van der Waals surface area contributed by atoms with Gasteiger partial charge in [-0.25, -0.2) is 4.79 Å². The van der Waals surface area contributed by atoms with Crippen molar-refractivity contribution in [3.63, 3.8) is 0 Å². The molecule has 1 N–H and O–H groups in total. The predicted molar refractivity (Wildman–Crippen MR) is 84.4 cm³/mol. The molecule has 3 heteroatoms. The molecule has 0 atom stereocenters. The molecule has 2 rings (SSSR count). The largest absolute Gasteiger partial charge is 0.497 e. The number of rotatable bonds is 4. The number of benzene rings is 2. The van der Waals surface area contributed by atoms with Crippen LogP contribution in [-0.4, -0.2) is 18.2 Å². The molecule has 0 bridgehead atoms. The van der Waals surface area contributed by atoms with E-state index in [4.69, 9.17) is 4.74 Å². The third-order valence-electron chi connectivity index (χ3n) is 3.34. The highest BCUT2D eigenvalue weighted by atomic mass is 16.5. The maximum absolute atomic E-state index is 11.6. The minimum Gasteiger partial charge on any atom is -0.497 e. The van der Waals surface area contributed by atoms with Crippen molar-refractivity contribution in [3.8, 4) is 5.75 Å². The smallest absolute Gasteiger partial charge is 0.336 e. The number of aliphatic carboxylic acids is 1. The van der Waals surface area contributed by atoms with E-state index in [-0.39, 0.29) is 5.57 Å². The minimum atomic E-state index is -0.941. The molecule has 0 saturated heterocycles. The van der Waals surface area contributed by atoms with Crippen LogP contribution in [0.3, 0.4) is 0 Å². The first kappa shape index (κ1) is 14.9. The number of methoxy groups -OCH3 is 1. The molecule has 0 aromatic heterocycles. The fraction of sp³-hybridized carbons (Fsp3) is 0.167. The lowest BCUT2D eigenvalue weighted by atomic mass is 9.98. The van der Waals surface area contributed by atoms with Crippen molar-refractivity contribution in [2.24, 2.45) is 0 Å². The highest BCUT2D eigenvalue weighted by Crippen LogP contribution is 2.25. The molecular weight excluding hydrogens is 264 g/mol. The van der Waals surface area contributed by atoms with Crippen LogP contribution in [0.15, 0.2) is 42.5 Å². The van der Waals surface area contributed by atoms with E-state index in [1.54, 1.807) is 25.3 Å². The van der Waals surface area contributed by atoms with E-state index in [0.717, 1.165) is 22.4 Å². The average molecular weight is 282 g/mol. The van der Waals surface area contributed by atoms with Crippen LogP contribution >= 0.6 is 0 Å². The zero-order chi connectivity index (χ0) is 15.4. The quantitative estimate of drug-likeness (QED) is 0.682. The number of carboxylic acid groups (broad SMARTS) is 1. The summed E-state index contributed by atoms with van der Waals surface area (Å²) < 4.78 is 5.15. The van der Waals surface area contributed by atoms with Gasteiger partial charge in [0.2, 0.25) is 0 Å². The maximum Gasteiger partial charge on any atom is 0.336 e. The summed E-state index contributed by atoms with van der Waals surface area (Å²) in [5.74, 6) is -0.222. The molecule has 2 aromatic carbocycles. The zero-order valence-corrected chi connectivity index (χ0v) is 12.4.